The summed E-state index contributed by atoms with van der Waals surface area (Å²) in [5.74, 6) is -0.805. The minimum Gasteiger partial charge on any atom is -0.326 e. The third-order valence-electron chi connectivity index (χ3n) is 3.97. The van der Waals surface area contributed by atoms with Gasteiger partial charge in [0, 0.05) is 15.6 Å². The molecule has 2 aromatic carbocycles. The number of para-hydroxylation sites is 1. The number of hydrogen-bond acceptors (Lipinski definition) is 3. The highest BCUT2D eigenvalue weighted by Crippen LogP contribution is 2.38. The van der Waals surface area contributed by atoms with Crippen LogP contribution < -0.4 is 10.6 Å². The number of aryl methyl sites for hydroxylation is 1. The van der Waals surface area contributed by atoms with E-state index < -0.39 is 11.2 Å². The number of benzene rings is 2. The first-order valence-electron chi connectivity index (χ1n) is 7.59. The Balaban J connectivity index is 1.75. The molecule has 0 bridgehead atoms. The van der Waals surface area contributed by atoms with Crippen LogP contribution in [0.5, 0.6) is 0 Å². The molecular weight excluding hydrogens is 344 g/mol. The Morgan fingerprint density at radius 1 is 1.29 bits per heavy atom. The molecule has 0 aromatic heterocycles. The Hall–Kier alpha value is -1.98. The normalized spacial score (nSPS) is 17.6. The largest absolute Gasteiger partial charge is 0.326 e. The Morgan fingerprint density at radius 2 is 2.04 bits per heavy atom. The Morgan fingerprint density at radius 3 is 2.79 bits per heavy atom. The zero-order chi connectivity index (χ0) is 17.3. The van der Waals surface area contributed by atoms with Gasteiger partial charge >= 0.3 is 0 Å². The van der Waals surface area contributed by atoms with Crippen LogP contribution >= 0.6 is 23.4 Å². The molecule has 6 heteroatoms. The van der Waals surface area contributed by atoms with E-state index in [0.29, 0.717) is 10.7 Å². The van der Waals surface area contributed by atoms with Gasteiger partial charge in [-0.2, -0.15) is 0 Å². The summed E-state index contributed by atoms with van der Waals surface area (Å²) in [6.07, 6.45) is 0. The zero-order valence-corrected chi connectivity index (χ0v) is 14.9. The van der Waals surface area contributed by atoms with Crippen molar-refractivity contribution in [3.05, 3.63) is 53.1 Å². The third-order valence-corrected chi connectivity index (χ3v) is 5.69. The van der Waals surface area contributed by atoms with Crippen LogP contribution in [0, 0.1) is 12.8 Å². The van der Waals surface area contributed by atoms with Gasteiger partial charge in [0.1, 0.15) is 0 Å². The van der Waals surface area contributed by atoms with Crippen molar-refractivity contribution < 1.29 is 9.59 Å². The van der Waals surface area contributed by atoms with Gasteiger partial charge in [-0.25, -0.2) is 0 Å². The molecular formula is C18H17ClN2O2S. The number of carbonyl (C=O) groups is 2. The van der Waals surface area contributed by atoms with Gasteiger partial charge in [-0.15, -0.1) is 11.8 Å². The number of carbonyl (C=O) groups excluding carboxylic acids is 2. The average Bonchev–Trinajstić information content (AvgIpc) is 2.56. The summed E-state index contributed by atoms with van der Waals surface area (Å²) in [7, 11) is 0. The molecule has 0 radical (unpaired) electrons. The van der Waals surface area contributed by atoms with E-state index in [1.807, 2.05) is 31.2 Å². The van der Waals surface area contributed by atoms with E-state index in [-0.39, 0.29) is 11.8 Å². The summed E-state index contributed by atoms with van der Waals surface area (Å²) in [5.41, 5.74) is 2.39. The molecule has 24 heavy (non-hydrogen) atoms. The van der Waals surface area contributed by atoms with Crippen LogP contribution in [0.2, 0.25) is 5.02 Å². The molecule has 1 aliphatic rings. The SMILES string of the molecule is Cc1cc(Cl)ccc1NC(=O)[C@@H](C)[C@@H]1Sc2ccccc2NC1=O. The van der Waals surface area contributed by atoms with Crippen LogP contribution in [0.3, 0.4) is 0 Å². The van der Waals surface area contributed by atoms with Crippen LogP contribution in [-0.4, -0.2) is 17.1 Å². The maximum atomic E-state index is 12.6. The van der Waals surface area contributed by atoms with Gasteiger partial charge in [0.05, 0.1) is 16.9 Å². The molecule has 1 heterocycles. The molecule has 1 aliphatic heterocycles. The molecule has 2 aromatic rings. The lowest BCUT2D eigenvalue weighted by molar-refractivity contribution is -0.123. The predicted molar refractivity (Wildman–Crippen MR) is 98.7 cm³/mol. The quantitative estimate of drug-likeness (QED) is 0.856. The van der Waals surface area contributed by atoms with E-state index in [9.17, 15) is 9.59 Å². The van der Waals surface area contributed by atoms with E-state index in [2.05, 4.69) is 10.6 Å². The highest BCUT2D eigenvalue weighted by Gasteiger charge is 2.35. The van der Waals surface area contributed by atoms with Gasteiger partial charge in [-0.1, -0.05) is 30.7 Å². The van der Waals surface area contributed by atoms with Gasteiger partial charge in [0.15, 0.2) is 0 Å². The lowest BCUT2D eigenvalue weighted by atomic mass is 10.0. The first-order valence-corrected chi connectivity index (χ1v) is 8.85. The second kappa shape index (κ2) is 6.87. The molecule has 0 saturated carbocycles. The number of fused-ring (bicyclic) bond motifs is 1. The number of anilines is 2. The van der Waals surface area contributed by atoms with Crippen molar-refractivity contribution in [2.45, 2.75) is 24.0 Å². The molecule has 0 unspecified atom stereocenters. The van der Waals surface area contributed by atoms with Gasteiger partial charge < -0.3 is 10.6 Å². The summed E-state index contributed by atoms with van der Waals surface area (Å²) >= 11 is 7.36. The van der Waals surface area contributed by atoms with Crippen molar-refractivity contribution in [3.63, 3.8) is 0 Å². The molecule has 0 aliphatic carbocycles. The second-order valence-electron chi connectivity index (χ2n) is 5.76. The summed E-state index contributed by atoms with van der Waals surface area (Å²) in [6.45, 7) is 3.65. The van der Waals surface area contributed by atoms with Crippen molar-refractivity contribution in [3.8, 4) is 0 Å². The molecule has 4 nitrogen and oxygen atoms in total. The van der Waals surface area contributed by atoms with Crippen LogP contribution in [-0.2, 0) is 9.59 Å². The van der Waals surface area contributed by atoms with Crippen molar-refractivity contribution >= 4 is 46.6 Å². The number of nitrogens with one attached hydrogen (secondary N) is 2. The Labute approximate surface area is 150 Å². The van der Waals surface area contributed by atoms with E-state index in [1.54, 1.807) is 25.1 Å². The fourth-order valence-electron chi connectivity index (χ4n) is 2.55. The summed E-state index contributed by atoms with van der Waals surface area (Å²) in [4.78, 5) is 25.9. The van der Waals surface area contributed by atoms with Gasteiger partial charge in [-0.05, 0) is 42.8 Å². The highest BCUT2D eigenvalue weighted by molar-refractivity contribution is 8.01. The van der Waals surface area contributed by atoms with Crippen molar-refractivity contribution in [2.24, 2.45) is 5.92 Å². The standard InChI is InChI=1S/C18H17ClN2O2S/c1-10-9-12(19)7-8-13(10)20-17(22)11(2)16-18(23)21-14-5-3-4-6-15(14)24-16/h3-9,11,16H,1-2H3,(H,20,22)(H,21,23)/t11-,16-/m0/s1. The van der Waals surface area contributed by atoms with E-state index in [4.69, 9.17) is 11.6 Å². The molecule has 3 rings (SSSR count). The lowest BCUT2D eigenvalue weighted by Crippen LogP contribution is -2.39. The zero-order valence-electron chi connectivity index (χ0n) is 13.3. The fraction of sp³-hybridized carbons (Fsp3) is 0.222. The molecule has 0 spiro atoms. The molecule has 2 atom stereocenters. The average molecular weight is 361 g/mol. The fourth-order valence-corrected chi connectivity index (χ4v) is 3.94. The minimum atomic E-state index is -0.474. The maximum absolute atomic E-state index is 12.6. The first-order chi connectivity index (χ1) is 11.5. The Kier molecular flexibility index (Phi) is 4.83. The van der Waals surface area contributed by atoms with Crippen molar-refractivity contribution in [1.29, 1.82) is 0 Å². The monoisotopic (exact) mass is 360 g/mol. The minimum absolute atomic E-state index is 0.144. The first kappa shape index (κ1) is 16.9. The predicted octanol–water partition coefficient (Wildman–Crippen LogP) is 4.34. The Bertz CT molecular complexity index is 809. The van der Waals surface area contributed by atoms with Crippen LogP contribution in [0.4, 0.5) is 11.4 Å². The van der Waals surface area contributed by atoms with Crippen LogP contribution in [0.1, 0.15) is 12.5 Å². The third kappa shape index (κ3) is 3.42. The molecule has 2 N–H and O–H groups in total. The number of hydrogen-bond donors (Lipinski definition) is 2. The van der Waals surface area contributed by atoms with Gasteiger partial charge in [-0.3, -0.25) is 9.59 Å². The topological polar surface area (TPSA) is 58.2 Å². The molecule has 124 valence electrons. The van der Waals surface area contributed by atoms with E-state index in [1.165, 1.54) is 11.8 Å². The van der Waals surface area contributed by atoms with E-state index in [0.717, 1.165) is 16.1 Å². The summed E-state index contributed by atoms with van der Waals surface area (Å²) < 4.78 is 0. The van der Waals surface area contributed by atoms with Crippen molar-refractivity contribution in [1.82, 2.24) is 0 Å². The molecule has 0 fully saturated rings. The summed E-state index contributed by atoms with van der Waals surface area (Å²) in [5, 5.41) is 5.92. The maximum Gasteiger partial charge on any atom is 0.238 e. The smallest absolute Gasteiger partial charge is 0.238 e. The van der Waals surface area contributed by atoms with Crippen molar-refractivity contribution in [2.75, 3.05) is 10.6 Å². The van der Waals surface area contributed by atoms with Gasteiger partial charge in [0.2, 0.25) is 11.8 Å². The summed E-state index contributed by atoms with van der Waals surface area (Å²) in [6, 6.07) is 12.9. The highest BCUT2D eigenvalue weighted by atomic mass is 35.5. The van der Waals surface area contributed by atoms with Crippen LogP contribution in [0.25, 0.3) is 0 Å². The molecule has 0 saturated heterocycles. The lowest BCUT2D eigenvalue weighted by Gasteiger charge is -2.27. The number of amides is 2. The van der Waals surface area contributed by atoms with Gasteiger partial charge in [0.25, 0.3) is 0 Å². The number of thioether (sulfide) groups is 1. The van der Waals surface area contributed by atoms with E-state index >= 15 is 0 Å². The second-order valence-corrected chi connectivity index (χ2v) is 7.38. The number of halogens is 1. The van der Waals surface area contributed by atoms with Crippen LogP contribution in [0.15, 0.2) is 47.4 Å². The number of rotatable bonds is 3. The molecule has 2 amide bonds.